The molecule has 19 heavy (non-hydrogen) atoms. The number of aliphatic carboxylic acids is 1. The predicted molar refractivity (Wildman–Crippen MR) is 70.8 cm³/mol. The van der Waals surface area contributed by atoms with Crippen molar-refractivity contribution in [2.24, 2.45) is 5.41 Å². The third-order valence-corrected chi connectivity index (χ3v) is 3.71. The highest BCUT2D eigenvalue weighted by Gasteiger charge is 2.29. The number of carbonyl (C=O) groups excluding carboxylic acids is 1. The summed E-state index contributed by atoms with van der Waals surface area (Å²) in [7, 11) is 0. The van der Waals surface area contributed by atoms with Gasteiger partial charge in [-0.3, -0.25) is 0 Å². The van der Waals surface area contributed by atoms with Crippen molar-refractivity contribution in [3.8, 4) is 0 Å². The molecular formula is C13H24N2O4. The van der Waals surface area contributed by atoms with E-state index in [-0.39, 0.29) is 6.04 Å². The van der Waals surface area contributed by atoms with Gasteiger partial charge in [-0.1, -0.05) is 13.8 Å². The fraction of sp³-hybridized carbons (Fsp3) is 0.846. The Balaban J connectivity index is 2.41. The summed E-state index contributed by atoms with van der Waals surface area (Å²) in [6.45, 7) is 5.75. The maximum absolute atomic E-state index is 11.7. The van der Waals surface area contributed by atoms with Crippen LogP contribution in [-0.2, 0) is 4.79 Å². The van der Waals surface area contributed by atoms with Crippen molar-refractivity contribution in [2.75, 3.05) is 0 Å². The summed E-state index contributed by atoms with van der Waals surface area (Å²) in [5.74, 6) is -1.24. The highest BCUT2D eigenvalue weighted by molar-refractivity contribution is 5.83. The van der Waals surface area contributed by atoms with Crippen molar-refractivity contribution in [3.05, 3.63) is 0 Å². The Morgan fingerprint density at radius 3 is 2.21 bits per heavy atom. The second-order valence-electron chi connectivity index (χ2n) is 6.11. The number of hydrogen-bond donors (Lipinski definition) is 4. The number of carboxylic acids is 1. The lowest BCUT2D eigenvalue weighted by molar-refractivity contribution is -0.141. The first kappa shape index (κ1) is 15.8. The van der Waals surface area contributed by atoms with E-state index in [1.54, 1.807) is 0 Å². The molecule has 0 aromatic heterocycles. The van der Waals surface area contributed by atoms with E-state index in [4.69, 9.17) is 5.11 Å². The summed E-state index contributed by atoms with van der Waals surface area (Å²) in [4.78, 5) is 22.5. The maximum atomic E-state index is 11.7. The van der Waals surface area contributed by atoms with E-state index in [0.717, 1.165) is 25.7 Å². The summed E-state index contributed by atoms with van der Waals surface area (Å²) >= 11 is 0. The number of amides is 2. The molecule has 0 unspecified atom stereocenters. The zero-order valence-corrected chi connectivity index (χ0v) is 11.8. The third-order valence-electron chi connectivity index (χ3n) is 3.71. The minimum absolute atomic E-state index is 0.0801. The van der Waals surface area contributed by atoms with Crippen molar-refractivity contribution < 1.29 is 19.8 Å². The number of hydrogen-bond acceptors (Lipinski definition) is 3. The first-order valence-corrected chi connectivity index (χ1v) is 6.69. The number of carbonyl (C=O) groups is 2. The smallest absolute Gasteiger partial charge is 0.328 e. The lowest BCUT2D eigenvalue weighted by Gasteiger charge is -2.34. The summed E-state index contributed by atoms with van der Waals surface area (Å²) in [6, 6.07) is -1.73. The summed E-state index contributed by atoms with van der Waals surface area (Å²) in [6.07, 6.45) is 2.74. The van der Waals surface area contributed by atoms with Crippen LogP contribution >= 0.6 is 0 Å². The molecule has 4 N–H and O–H groups in total. The molecule has 0 bridgehead atoms. The monoisotopic (exact) mass is 272 g/mol. The van der Waals surface area contributed by atoms with Crippen LogP contribution in [0.5, 0.6) is 0 Å². The van der Waals surface area contributed by atoms with E-state index in [2.05, 4.69) is 24.5 Å². The minimum Gasteiger partial charge on any atom is -0.480 e. The van der Waals surface area contributed by atoms with Gasteiger partial charge in [0.1, 0.15) is 0 Å². The second-order valence-corrected chi connectivity index (χ2v) is 6.11. The molecule has 0 aliphatic heterocycles. The van der Waals surface area contributed by atoms with Gasteiger partial charge in [-0.2, -0.15) is 0 Å². The van der Waals surface area contributed by atoms with Gasteiger partial charge in [0.05, 0.1) is 6.10 Å². The van der Waals surface area contributed by atoms with E-state index < -0.39 is 24.1 Å². The van der Waals surface area contributed by atoms with Gasteiger partial charge in [0.15, 0.2) is 6.04 Å². The second kappa shape index (κ2) is 6.23. The largest absolute Gasteiger partial charge is 0.480 e. The van der Waals surface area contributed by atoms with Crippen molar-refractivity contribution in [1.82, 2.24) is 10.6 Å². The Morgan fingerprint density at radius 2 is 1.79 bits per heavy atom. The van der Waals surface area contributed by atoms with Gasteiger partial charge in [-0.15, -0.1) is 0 Å². The highest BCUT2D eigenvalue weighted by Crippen LogP contribution is 2.34. The Bertz CT molecular complexity index is 332. The maximum Gasteiger partial charge on any atom is 0.328 e. The Labute approximate surface area is 113 Å². The van der Waals surface area contributed by atoms with E-state index in [0.29, 0.717) is 5.41 Å². The fourth-order valence-corrected chi connectivity index (χ4v) is 2.30. The van der Waals surface area contributed by atoms with Crippen molar-refractivity contribution in [3.63, 3.8) is 0 Å². The van der Waals surface area contributed by atoms with E-state index in [1.807, 2.05) is 0 Å². The molecule has 110 valence electrons. The van der Waals surface area contributed by atoms with Crippen LogP contribution in [0.1, 0.15) is 46.5 Å². The zero-order valence-electron chi connectivity index (χ0n) is 11.8. The fourth-order valence-electron chi connectivity index (χ4n) is 2.30. The molecule has 6 heteroatoms. The lowest BCUT2D eigenvalue weighted by Crippen LogP contribution is -2.53. The zero-order chi connectivity index (χ0) is 14.6. The average molecular weight is 272 g/mol. The first-order chi connectivity index (χ1) is 8.71. The molecule has 0 spiro atoms. The molecule has 1 saturated carbocycles. The van der Waals surface area contributed by atoms with Crippen LogP contribution in [0.2, 0.25) is 0 Å². The predicted octanol–water partition coefficient (Wildman–Crippen LogP) is 1.09. The Morgan fingerprint density at radius 1 is 1.26 bits per heavy atom. The number of urea groups is 1. The quantitative estimate of drug-likeness (QED) is 0.615. The van der Waals surface area contributed by atoms with E-state index in [9.17, 15) is 14.7 Å². The number of aliphatic hydroxyl groups is 1. The molecule has 2 amide bonds. The summed E-state index contributed by atoms with van der Waals surface area (Å²) < 4.78 is 0. The normalized spacial score (nSPS) is 22.3. The minimum atomic E-state index is -1.28. The van der Waals surface area contributed by atoms with Crippen LogP contribution in [0.25, 0.3) is 0 Å². The molecular weight excluding hydrogens is 248 g/mol. The van der Waals surface area contributed by atoms with Gasteiger partial charge in [0, 0.05) is 6.04 Å². The van der Waals surface area contributed by atoms with Gasteiger partial charge in [-0.05, 0) is 38.0 Å². The molecule has 0 heterocycles. The molecule has 0 aromatic carbocycles. The van der Waals surface area contributed by atoms with Gasteiger partial charge in [0.2, 0.25) is 0 Å². The van der Waals surface area contributed by atoms with Crippen molar-refractivity contribution in [1.29, 1.82) is 0 Å². The molecule has 1 aliphatic carbocycles. The van der Waals surface area contributed by atoms with Crippen LogP contribution in [0, 0.1) is 5.41 Å². The molecule has 1 rings (SSSR count). The van der Waals surface area contributed by atoms with Gasteiger partial charge in [-0.25, -0.2) is 9.59 Å². The molecule has 6 nitrogen and oxygen atoms in total. The van der Waals surface area contributed by atoms with Crippen LogP contribution in [0.15, 0.2) is 0 Å². The van der Waals surface area contributed by atoms with Crippen molar-refractivity contribution in [2.45, 2.75) is 64.6 Å². The van der Waals surface area contributed by atoms with Gasteiger partial charge < -0.3 is 20.8 Å². The highest BCUT2D eigenvalue weighted by atomic mass is 16.4. The third kappa shape index (κ3) is 5.06. The molecule has 1 fully saturated rings. The number of aliphatic hydroxyl groups excluding tert-OH is 1. The summed E-state index contributed by atoms with van der Waals surface area (Å²) in [5.41, 5.74) is 0.317. The van der Waals surface area contributed by atoms with Crippen molar-refractivity contribution >= 4 is 12.0 Å². The Hall–Kier alpha value is -1.30. The lowest BCUT2D eigenvalue weighted by atomic mass is 9.76. The van der Waals surface area contributed by atoms with E-state index in [1.165, 1.54) is 6.92 Å². The molecule has 1 aliphatic rings. The number of rotatable bonds is 4. The molecule has 2 atom stereocenters. The molecule has 0 saturated heterocycles. The topological polar surface area (TPSA) is 98.7 Å². The molecule has 0 radical (unpaired) electrons. The van der Waals surface area contributed by atoms with Crippen LogP contribution in [0.4, 0.5) is 4.79 Å². The van der Waals surface area contributed by atoms with Crippen LogP contribution in [-0.4, -0.2) is 40.4 Å². The van der Waals surface area contributed by atoms with Crippen LogP contribution in [0.3, 0.4) is 0 Å². The number of nitrogens with one attached hydrogen (secondary N) is 2. The number of carboxylic acid groups (broad SMARTS) is 1. The summed E-state index contributed by atoms with van der Waals surface area (Å²) in [5, 5.41) is 23.2. The van der Waals surface area contributed by atoms with Gasteiger partial charge >= 0.3 is 12.0 Å². The SMILES string of the molecule is C[C@@H](O)[C@H](NC(=O)NC1CCC(C)(C)CC1)C(=O)O. The first-order valence-electron chi connectivity index (χ1n) is 6.69. The van der Waals surface area contributed by atoms with Gasteiger partial charge in [0.25, 0.3) is 0 Å². The molecule has 0 aromatic rings. The average Bonchev–Trinajstić information content (AvgIpc) is 2.28. The van der Waals surface area contributed by atoms with E-state index >= 15 is 0 Å². The Kier molecular flexibility index (Phi) is 5.17. The van der Waals surface area contributed by atoms with Crippen LogP contribution < -0.4 is 10.6 Å². The standard InChI is InChI=1S/C13H24N2O4/c1-8(16)10(11(17)18)15-12(19)14-9-4-6-13(2,3)7-5-9/h8-10,16H,4-7H2,1-3H3,(H,17,18)(H2,14,15,19)/t8-,10+/m1/s1.